The van der Waals surface area contributed by atoms with Gasteiger partial charge in [0.1, 0.15) is 0 Å². The molecular weight excluding hydrogens is 332 g/mol. The van der Waals surface area contributed by atoms with Crippen LogP contribution in [0, 0.1) is 5.92 Å². The summed E-state index contributed by atoms with van der Waals surface area (Å²) in [5.74, 6) is 0.479. The summed E-state index contributed by atoms with van der Waals surface area (Å²) in [7, 11) is 0. The van der Waals surface area contributed by atoms with E-state index in [-0.39, 0.29) is 0 Å². The second-order valence-electron chi connectivity index (χ2n) is 5.64. The standard InChI is InChI=1S/C17H33BrO3/c1-3-5-12-16(4-2)15-21-17(19)20-14-11-9-7-6-8-10-13-18/h16H,3-15H2,1-2H3. The first-order chi connectivity index (χ1) is 10.2. The van der Waals surface area contributed by atoms with Crippen molar-refractivity contribution in [3.05, 3.63) is 0 Å². The maximum absolute atomic E-state index is 11.5. The Morgan fingerprint density at radius 2 is 1.62 bits per heavy atom. The first-order valence-corrected chi connectivity index (χ1v) is 9.72. The molecule has 0 radical (unpaired) electrons. The number of carbonyl (C=O) groups excluding carboxylic acids is 1. The number of rotatable bonds is 14. The summed E-state index contributed by atoms with van der Waals surface area (Å²) in [6.45, 7) is 5.32. The number of ether oxygens (including phenoxy) is 2. The van der Waals surface area contributed by atoms with Crippen LogP contribution in [0.15, 0.2) is 0 Å². The highest BCUT2D eigenvalue weighted by Gasteiger charge is 2.10. The highest BCUT2D eigenvalue weighted by molar-refractivity contribution is 9.09. The molecule has 3 nitrogen and oxygen atoms in total. The third-order valence-corrected chi connectivity index (χ3v) is 4.29. The van der Waals surface area contributed by atoms with Gasteiger partial charge in [0, 0.05) is 5.33 Å². The van der Waals surface area contributed by atoms with Crippen LogP contribution in [0.25, 0.3) is 0 Å². The van der Waals surface area contributed by atoms with Crippen molar-refractivity contribution in [1.82, 2.24) is 0 Å². The molecule has 0 aromatic rings. The molecule has 21 heavy (non-hydrogen) atoms. The molecule has 0 aromatic carbocycles. The Labute approximate surface area is 139 Å². The normalized spacial score (nSPS) is 12.1. The molecule has 0 N–H and O–H groups in total. The molecule has 0 aromatic heterocycles. The zero-order chi connectivity index (χ0) is 15.8. The van der Waals surface area contributed by atoms with Crippen molar-refractivity contribution < 1.29 is 14.3 Å². The van der Waals surface area contributed by atoms with Crippen molar-refractivity contribution in [3.8, 4) is 0 Å². The largest absolute Gasteiger partial charge is 0.508 e. The lowest BCUT2D eigenvalue weighted by molar-refractivity contribution is 0.0415. The predicted octanol–water partition coefficient (Wildman–Crippen LogP) is 6.09. The molecule has 0 aliphatic heterocycles. The van der Waals surface area contributed by atoms with E-state index < -0.39 is 6.16 Å². The van der Waals surface area contributed by atoms with Gasteiger partial charge in [-0.05, 0) is 25.2 Å². The fourth-order valence-electron chi connectivity index (χ4n) is 2.18. The van der Waals surface area contributed by atoms with E-state index in [4.69, 9.17) is 9.47 Å². The number of halogens is 1. The Balaban J connectivity index is 3.40. The predicted molar refractivity (Wildman–Crippen MR) is 92.1 cm³/mol. The summed E-state index contributed by atoms with van der Waals surface area (Å²) in [6.07, 6.45) is 11.2. The van der Waals surface area contributed by atoms with Gasteiger partial charge in [0.05, 0.1) is 13.2 Å². The van der Waals surface area contributed by atoms with E-state index in [1.807, 2.05) is 0 Å². The summed E-state index contributed by atoms with van der Waals surface area (Å²) in [4.78, 5) is 11.5. The molecule has 1 unspecified atom stereocenters. The van der Waals surface area contributed by atoms with E-state index in [0.29, 0.717) is 19.1 Å². The molecule has 0 aliphatic rings. The summed E-state index contributed by atoms with van der Waals surface area (Å²) < 4.78 is 10.3. The van der Waals surface area contributed by atoms with Gasteiger partial charge in [0.15, 0.2) is 0 Å². The molecule has 0 spiro atoms. The Bertz CT molecular complexity index is 234. The van der Waals surface area contributed by atoms with Crippen molar-refractivity contribution in [2.45, 2.75) is 78.1 Å². The van der Waals surface area contributed by atoms with Gasteiger partial charge < -0.3 is 9.47 Å². The van der Waals surface area contributed by atoms with E-state index in [9.17, 15) is 4.79 Å². The van der Waals surface area contributed by atoms with Crippen LogP contribution in [0.2, 0.25) is 0 Å². The van der Waals surface area contributed by atoms with Crippen LogP contribution >= 0.6 is 15.9 Å². The number of hydrogen-bond donors (Lipinski definition) is 0. The fraction of sp³-hybridized carbons (Fsp3) is 0.941. The van der Waals surface area contributed by atoms with E-state index in [1.165, 1.54) is 38.5 Å². The van der Waals surface area contributed by atoms with Gasteiger partial charge in [0.25, 0.3) is 0 Å². The van der Waals surface area contributed by atoms with Crippen molar-refractivity contribution in [1.29, 1.82) is 0 Å². The minimum atomic E-state index is -0.496. The van der Waals surface area contributed by atoms with E-state index in [1.54, 1.807) is 0 Å². The average molecular weight is 365 g/mol. The number of carbonyl (C=O) groups is 1. The fourth-order valence-corrected chi connectivity index (χ4v) is 2.58. The van der Waals surface area contributed by atoms with Gasteiger partial charge in [-0.1, -0.05) is 74.7 Å². The first kappa shape index (κ1) is 20.8. The monoisotopic (exact) mass is 364 g/mol. The lowest BCUT2D eigenvalue weighted by Gasteiger charge is -2.14. The van der Waals surface area contributed by atoms with Crippen LogP contribution in [0.1, 0.15) is 78.1 Å². The van der Waals surface area contributed by atoms with Crippen molar-refractivity contribution in [2.24, 2.45) is 5.92 Å². The molecule has 0 rings (SSSR count). The zero-order valence-electron chi connectivity index (χ0n) is 13.9. The molecule has 4 heteroatoms. The van der Waals surface area contributed by atoms with Crippen molar-refractivity contribution in [3.63, 3.8) is 0 Å². The van der Waals surface area contributed by atoms with Gasteiger partial charge in [-0.2, -0.15) is 0 Å². The molecule has 0 amide bonds. The van der Waals surface area contributed by atoms with Crippen molar-refractivity contribution >= 4 is 22.1 Å². The molecule has 0 saturated heterocycles. The zero-order valence-corrected chi connectivity index (χ0v) is 15.5. The van der Waals surface area contributed by atoms with Crippen LogP contribution in [0.5, 0.6) is 0 Å². The van der Waals surface area contributed by atoms with E-state index >= 15 is 0 Å². The topological polar surface area (TPSA) is 35.5 Å². The Kier molecular flexibility index (Phi) is 15.9. The molecule has 1 atom stereocenters. The minimum Gasteiger partial charge on any atom is -0.434 e. The number of alkyl halides is 1. The maximum atomic E-state index is 11.5. The minimum absolute atomic E-state index is 0.479. The molecule has 0 bridgehead atoms. The maximum Gasteiger partial charge on any atom is 0.508 e. The molecule has 0 saturated carbocycles. The summed E-state index contributed by atoms with van der Waals surface area (Å²) in [5.41, 5.74) is 0. The third kappa shape index (κ3) is 14.5. The van der Waals surface area contributed by atoms with Gasteiger partial charge in [-0.25, -0.2) is 4.79 Å². The van der Waals surface area contributed by atoms with Gasteiger partial charge >= 0.3 is 6.16 Å². The van der Waals surface area contributed by atoms with Crippen LogP contribution in [-0.2, 0) is 9.47 Å². The van der Waals surface area contributed by atoms with Gasteiger partial charge in [-0.15, -0.1) is 0 Å². The Morgan fingerprint density at radius 3 is 2.24 bits per heavy atom. The quantitative estimate of drug-likeness (QED) is 0.212. The molecule has 0 fully saturated rings. The Hall–Kier alpha value is -0.250. The molecule has 0 heterocycles. The lowest BCUT2D eigenvalue weighted by atomic mass is 10.0. The van der Waals surface area contributed by atoms with Gasteiger partial charge in [-0.3, -0.25) is 0 Å². The molecular formula is C17H33BrO3. The first-order valence-electron chi connectivity index (χ1n) is 8.60. The number of hydrogen-bond acceptors (Lipinski definition) is 3. The second kappa shape index (κ2) is 16.1. The second-order valence-corrected chi connectivity index (χ2v) is 6.43. The Morgan fingerprint density at radius 1 is 0.952 bits per heavy atom. The van der Waals surface area contributed by atoms with Crippen LogP contribution in [0.4, 0.5) is 4.79 Å². The highest BCUT2D eigenvalue weighted by atomic mass is 79.9. The van der Waals surface area contributed by atoms with E-state index in [0.717, 1.165) is 31.0 Å². The van der Waals surface area contributed by atoms with Crippen LogP contribution < -0.4 is 0 Å². The summed E-state index contributed by atoms with van der Waals surface area (Å²) in [5, 5.41) is 1.10. The molecule has 126 valence electrons. The molecule has 0 aliphatic carbocycles. The van der Waals surface area contributed by atoms with Crippen LogP contribution in [0.3, 0.4) is 0 Å². The SMILES string of the molecule is CCCCC(CC)COC(=O)OCCCCCCCCBr. The lowest BCUT2D eigenvalue weighted by Crippen LogP contribution is -2.15. The average Bonchev–Trinajstić information content (AvgIpc) is 2.50. The summed E-state index contributed by atoms with van der Waals surface area (Å²) in [6, 6.07) is 0. The highest BCUT2D eigenvalue weighted by Crippen LogP contribution is 2.13. The van der Waals surface area contributed by atoms with Crippen molar-refractivity contribution in [2.75, 3.05) is 18.5 Å². The number of unbranched alkanes of at least 4 members (excludes halogenated alkanes) is 6. The van der Waals surface area contributed by atoms with Gasteiger partial charge in [0.2, 0.25) is 0 Å². The summed E-state index contributed by atoms with van der Waals surface area (Å²) >= 11 is 3.43. The third-order valence-electron chi connectivity index (χ3n) is 3.73. The smallest absolute Gasteiger partial charge is 0.434 e. The van der Waals surface area contributed by atoms with E-state index in [2.05, 4.69) is 29.8 Å². The van der Waals surface area contributed by atoms with Crippen LogP contribution in [-0.4, -0.2) is 24.7 Å².